The van der Waals surface area contributed by atoms with Crippen LogP contribution in [0.4, 0.5) is 0 Å². The second-order valence-corrected chi connectivity index (χ2v) is 8.52. The van der Waals surface area contributed by atoms with E-state index in [2.05, 4.69) is 36.1 Å². The summed E-state index contributed by atoms with van der Waals surface area (Å²) in [5.41, 5.74) is 2.35. The Morgan fingerprint density at radius 3 is 2.67 bits per heavy atom. The number of nitrogens with zero attached hydrogens (tertiary/aromatic N) is 6. The normalized spacial score (nSPS) is 12.2. The van der Waals surface area contributed by atoms with E-state index < -0.39 is 5.97 Å². The molecular weight excluding hydrogens is 535 g/mol. The predicted octanol–water partition coefficient (Wildman–Crippen LogP) is 5.27. The highest BCUT2D eigenvalue weighted by Gasteiger charge is 2.25. The molecule has 0 saturated heterocycles. The van der Waals surface area contributed by atoms with E-state index >= 15 is 0 Å². The molecule has 0 aliphatic carbocycles. The molecule has 0 aliphatic heterocycles. The van der Waals surface area contributed by atoms with E-state index in [1.807, 2.05) is 19.1 Å². The van der Waals surface area contributed by atoms with Gasteiger partial charge in [-0.3, -0.25) is 0 Å². The second-order valence-electron chi connectivity index (χ2n) is 6.96. The summed E-state index contributed by atoms with van der Waals surface area (Å²) >= 11 is 15.9. The molecule has 0 bridgehead atoms. The van der Waals surface area contributed by atoms with E-state index in [0.29, 0.717) is 43.5 Å². The zero-order valence-electron chi connectivity index (χ0n) is 17.9. The van der Waals surface area contributed by atoms with Crippen LogP contribution in [0, 0.1) is 0 Å². The third-order valence-corrected chi connectivity index (χ3v) is 6.24. The van der Waals surface area contributed by atoms with Crippen LogP contribution in [0.5, 0.6) is 5.88 Å². The molecule has 12 heteroatoms. The first-order chi connectivity index (χ1) is 15.9. The molecule has 0 fully saturated rings. The van der Waals surface area contributed by atoms with Crippen molar-refractivity contribution in [3.05, 3.63) is 56.4 Å². The highest BCUT2D eigenvalue weighted by atomic mass is 79.9. The van der Waals surface area contributed by atoms with Gasteiger partial charge in [0.1, 0.15) is 5.52 Å². The van der Waals surface area contributed by atoms with Gasteiger partial charge in [0.2, 0.25) is 5.88 Å². The Balaban J connectivity index is 1.83. The number of fused-ring (bicyclic) bond motifs is 1. The number of hydrogen-bond donors (Lipinski definition) is 0. The van der Waals surface area contributed by atoms with Gasteiger partial charge in [0.15, 0.2) is 10.1 Å². The summed E-state index contributed by atoms with van der Waals surface area (Å²) in [6.45, 7) is 4.04. The molecule has 172 valence electrons. The summed E-state index contributed by atoms with van der Waals surface area (Å²) in [6, 6.07) is 5.32. The molecule has 0 aliphatic rings. The van der Waals surface area contributed by atoms with Crippen molar-refractivity contribution in [2.24, 2.45) is 0 Å². The highest BCUT2D eigenvalue weighted by molar-refractivity contribution is 9.10. The van der Waals surface area contributed by atoms with Gasteiger partial charge < -0.3 is 9.47 Å². The minimum absolute atomic E-state index is 0.169. The van der Waals surface area contributed by atoms with Crippen molar-refractivity contribution in [3.8, 4) is 11.8 Å². The molecule has 0 N–H and O–H groups in total. The Hall–Kier alpha value is -2.69. The van der Waals surface area contributed by atoms with Gasteiger partial charge in [0.25, 0.3) is 5.95 Å². The van der Waals surface area contributed by atoms with Gasteiger partial charge in [-0.1, -0.05) is 36.2 Å². The first-order valence-corrected chi connectivity index (χ1v) is 11.6. The molecule has 4 rings (SSSR count). The lowest BCUT2D eigenvalue weighted by atomic mass is 10.0. The molecular formula is C21H19BrCl2N6O3. The molecule has 0 saturated carbocycles. The largest absolute Gasteiger partial charge is 0.479 e. The van der Waals surface area contributed by atoms with E-state index in [4.69, 9.17) is 32.7 Å². The number of methoxy groups -OCH3 is 1. The summed E-state index contributed by atoms with van der Waals surface area (Å²) < 4.78 is 14.3. The molecule has 3 aromatic heterocycles. The molecule has 1 atom stereocenters. The monoisotopic (exact) mass is 552 g/mol. The Labute approximate surface area is 207 Å². The molecule has 0 spiro atoms. The van der Waals surface area contributed by atoms with Crippen molar-refractivity contribution in [1.29, 1.82) is 0 Å². The number of benzene rings is 1. The average Bonchev–Trinajstić information content (AvgIpc) is 3.42. The lowest BCUT2D eigenvalue weighted by molar-refractivity contribution is 0.0526. The first-order valence-electron chi connectivity index (χ1n) is 10.0. The van der Waals surface area contributed by atoms with Crippen molar-refractivity contribution < 1.29 is 14.3 Å². The van der Waals surface area contributed by atoms with Crippen LogP contribution in [0.2, 0.25) is 10.0 Å². The Kier molecular flexibility index (Phi) is 6.87. The van der Waals surface area contributed by atoms with Crippen molar-refractivity contribution in [2.45, 2.75) is 26.3 Å². The van der Waals surface area contributed by atoms with Gasteiger partial charge in [-0.15, -0.1) is 0 Å². The van der Waals surface area contributed by atoms with Gasteiger partial charge in [0.05, 0.1) is 41.6 Å². The van der Waals surface area contributed by atoms with E-state index in [9.17, 15) is 4.79 Å². The van der Waals surface area contributed by atoms with Crippen molar-refractivity contribution >= 4 is 56.1 Å². The number of ether oxygens (including phenoxy) is 2. The maximum atomic E-state index is 12.0. The summed E-state index contributed by atoms with van der Waals surface area (Å²) in [6.07, 6.45) is 3.61. The maximum Gasteiger partial charge on any atom is 0.341 e. The van der Waals surface area contributed by atoms with Gasteiger partial charge in [-0.2, -0.15) is 15.2 Å². The molecule has 9 nitrogen and oxygen atoms in total. The Morgan fingerprint density at radius 2 is 2.00 bits per heavy atom. The van der Waals surface area contributed by atoms with Gasteiger partial charge in [-0.05, 0) is 47.0 Å². The summed E-state index contributed by atoms with van der Waals surface area (Å²) in [4.78, 5) is 21.1. The number of hydrogen-bond acceptors (Lipinski definition) is 7. The van der Waals surface area contributed by atoms with E-state index in [1.165, 1.54) is 24.2 Å². The van der Waals surface area contributed by atoms with Crippen molar-refractivity contribution in [3.63, 3.8) is 0 Å². The number of rotatable bonds is 7. The van der Waals surface area contributed by atoms with E-state index in [-0.39, 0.29) is 18.6 Å². The van der Waals surface area contributed by atoms with Crippen LogP contribution in [0.3, 0.4) is 0 Å². The fourth-order valence-electron chi connectivity index (χ4n) is 3.46. The molecule has 0 unspecified atom stereocenters. The Bertz CT molecular complexity index is 1340. The number of carbonyl (C=O) groups is 1. The lowest BCUT2D eigenvalue weighted by Crippen LogP contribution is -2.13. The predicted molar refractivity (Wildman–Crippen MR) is 128 cm³/mol. The number of esters is 1. The zero-order valence-corrected chi connectivity index (χ0v) is 21.0. The molecule has 33 heavy (non-hydrogen) atoms. The maximum absolute atomic E-state index is 12.0. The van der Waals surface area contributed by atoms with Crippen molar-refractivity contribution in [1.82, 2.24) is 29.5 Å². The van der Waals surface area contributed by atoms with E-state index in [0.717, 1.165) is 5.56 Å². The molecule has 0 radical (unpaired) electrons. The third kappa shape index (κ3) is 4.42. The van der Waals surface area contributed by atoms with Crippen LogP contribution in [-0.4, -0.2) is 49.2 Å². The van der Waals surface area contributed by atoms with Gasteiger partial charge in [0, 0.05) is 6.20 Å². The van der Waals surface area contributed by atoms with Crippen LogP contribution in [0.25, 0.3) is 17.0 Å². The zero-order chi connectivity index (χ0) is 23.7. The molecule has 4 aromatic rings. The number of aromatic nitrogens is 6. The van der Waals surface area contributed by atoms with Gasteiger partial charge in [-0.25, -0.2) is 19.1 Å². The minimum Gasteiger partial charge on any atom is -0.479 e. The minimum atomic E-state index is -0.474. The van der Waals surface area contributed by atoms with Crippen LogP contribution >= 0.6 is 39.1 Å². The summed E-state index contributed by atoms with van der Waals surface area (Å²) in [5.74, 6) is 0.0517. The van der Waals surface area contributed by atoms with Crippen LogP contribution in [0.15, 0.2) is 35.2 Å². The highest BCUT2D eigenvalue weighted by Crippen LogP contribution is 2.35. The van der Waals surface area contributed by atoms with Crippen LogP contribution in [-0.2, 0) is 4.74 Å². The van der Waals surface area contributed by atoms with Crippen LogP contribution in [0.1, 0.15) is 42.2 Å². The third-order valence-electron chi connectivity index (χ3n) is 4.96. The quantitative estimate of drug-likeness (QED) is 0.288. The molecule has 1 aromatic carbocycles. The lowest BCUT2D eigenvalue weighted by Gasteiger charge is -2.18. The standard InChI is InChI=1S/C21H19BrCl2N6O3/c1-4-15(11-6-7-13(23)14(24)8-11)30-17-16(18(22)28-30)26-21(27-19(17)32-3)29-10-12(9-25-29)20(31)33-5-2/h6-10,15H,4-5H2,1-3H3/t15-/m0/s1. The first kappa shape index (κ1) is 23.5. The van der Waals surface area contributed by atoms with E-state index in [1.54, 1.807) is 17.7 Å². The second kappa shape index (κ2) is 9.66. The fraction of sp³-hybridized carbons (Fsp3) is 0.286. The molecule has 0 amide bonds. The Morgan fingerprint density at radius 1 is 1.21 bits per heavy atom. The smallest absolute Gasteiger partial charge is 0.341 e. The number of halogens is 3. The topological polar surface area (TPSA) is 96.9 Å². The summed E-state index contributed by atoms with van der Waals surface area (Å²) in [7, 11) is 1.52. The number of carbonyl (C=O) groups excluding carboxylic acids is 1. The summed E-state index contributed by atoms with van der Waals surface area (Å²) in [5, 5.41) is 9.80. The fourth-order valence-corrected chi connectivity index (χ4v) is 4.21. The SMILES string of the molecule is CCOC(=O)c1cnn(-c2nc(OC)c3c(n2)c(Br)nn3[C@@H](CC)c2ccc(Cl)c(Cl)c2)c1. The van der Waals surface area contributed by atoms with Crippen molar-refractivity contribution in [2.75, 3.05) is 13.7 Å². The molecule has 3 heterocycles. The average molecular weight is 554 g/mol. The van der Waals surface area contributed by atoms with Gasteiger partial charge >= 0.3 is 5.97 Å². The van der Waals surface area contributed by atoms with Crippen LogP contribution < -0.4 is 4.74 Å².